The molecule has 0 saturated carbocycles. The third-order valence-corrected chi connectivity index (χ3v) is 5.53. The second kappa shape index (κ2) is 10.8. The molecule has 7 nitrogen and oxygen atoms in total. The highest BCUT2D eigenvalue weighted by atomic mass is 32.1. The van der Waals surface area contributed by atoms with Crippen LogP contribution in [-0.2, 0) is 16.1 Å². The van der Waals surface area contributed by atoms with E-state index in [0.717, 1.165) is 18.7 Å². The van der Waals surface area contributed by atoms with Crippen molar-refractivity contribution in [3.8, 4) is 0 Å². The van der Waals surface area contributed by atoms with E-state index in [9.17, 15) is 9.59 Å². The van der Waals surface area contributed by atoms with Crippen molar-refractivity contribution in [3.05, 3.63) is 58.3 Å². The molecule has 1 atom stereocenters. The Bertz CT molecular complexity index is 733. The van der Waals surface area contributed by atoms with Gasteiger partial charge in [-0.2, -0.15) is 0 Å². The van der Waals surface area contributed by atoms with Gasteiger partial charge >= 0.3 is 6.03 Å². The number of nitrogens with zero attached hydrogens (tertiary/aromatic N) is 1. The van der Waals surface area contributed by atoms with Gasteiger partial charge in [-0.1, -0.05) is 36.4 Å². The monoisotopic (exact) mass is 402 g/mol. The summed E-state index contributed by atoms with van der Waals surface area (Å²) in [5, 5.41) is 10.3. The summed E-state index contributed by atoms with van der Waals surface area (Å²) < 4.78 is 5.43. The fourth-order valence-corrected chi connectivity index (χ4v) is 3.91. The van der Waals surface area contributed by atoms with Gasteiger partial charge in [-0.15, -0.1) is 11.3 Å². The molecule has 8 heteroatoms. The second-order valence-electron chi connectivity index (χ2n) is 6.51. The van der Waals surface area contributed by atoms with Gasteiger partial charge in [0.25, 0.3) is 0 Å². The first-order chi connectivity index (χ1) is 13.7. The number of ether oxygens (including phenoxy) is 1. The van der Waals surface area contributed by atoms with E-state index in [1.165, 1.54) is 4.88 Å². The molecule has 0 bridgehead atoms. The molecule has 3 rings (SSSR count). The fraction of sp³-hybridized carbons (Fsp3) is 0.400. The number of amides is 3. The zero-order valence-electron chi connectivity index (χ0n) is 15.7. The minimum atomic E-state index is -0.359. The first kappa shape index (κ1) is 20.3. The average Bonchev–Trinajstić information content (AvgIpc) is 3.27. The predicted molar refractivity (Wildman–Crippen MR) is 109 cm³/mol. The number of rotatable bonds is 8. The number of nitrogens with one attached hydrogen (secondary N) is 3. The summed E-state index contributed by atoms with van der Waals surface area (Å²) in [6, 6.07) is 13.5. The van der Waals surface area contributed by atoms with E-state index >= 15 is 0 Å². The van der Waals surface area contributed by atoms with Crippen LogP contribution in [0.1, 0.15) is 16.5 Å². The Labute approximate surface area is 169 Å². The van der Waals surface area contributed by atoms with Crippen LogP contribution in [0.25, 0.3) is 0 Å². The maximum atomic E-state index is 12.2. The van der Waals surface area contributed by atoms with Crippen molar-refractivity contribution >= 4 is 23.3 Å². The van der Waals surface area contributed by atoms with Crippen LogP contribution in [-0.4, -0.2) is 56.2 Å². The zero-order chi connectivity index (χ0) is 19.6. The van der Waals surface area contributed by atoms with Crippen molar-refractivity contribution < 1.29 is 14.3 Å². The molecule has 3 amide bonds. The van der Waals surface area contributed by atoms with Gasteiger partial charge in [0.05, 0.1) is 25.8 Å². The lowest BCUT2D eigenvalue weighted by molar-refractivity contribution is -0.120. The Morgan fingerprint density at radius 2 is 1.82 bits per heavy atom. The van der Waals surface area contributed by atoms with Crippen LogP contribution in [0.4, 0.5) is 4.79 Å². The normalized spacial score (nSPS) is 15.6. The molecule has 1 aromatic heterocycles. The van der Waals surface area contributed by atoms with Crippen LogP contribution in [0.5, 0.6) is 0 Å². The summed E-state index contributed by atoms with van der Waals surface area (Å²) in [6.45, 7) is 3.98. The first-order valence-electron chi connectivity index (χ1n) is 9.40. The molecule has 0 radical (unpaired) electrons. The summed E-state index contributed by atoms with van der Waals surface area (Å²) in [5.74, 6) is -0.204. The second-order valence-corrected chi connectivity index (χ2v) is 7.48. The molecule has 0 aliphatic carbocycles. The van der Waals surface area contributed by atoms with Gasteiger partial charge in [0.15, 0.2) is 0 Å². The average molecular weight is 403 g/mol. The van der Waals surface area contributed by atoms with Crippen molar-refractivity contribution in [2.24, 2.45) is 0 Å². The molecule has 0 spiro atoms. The highest BCUT2D eigenvalue weighted by molar-refractivity contribution is 7.10. The lowest BCUT2D eigenvalue weighted by atomic mass is 10.2. The van der Waals surface area contributed by atoms with E-state index in [-0.39, 0.29) is 24.5 Å². The molecule has 1 aliphatic heterocycles. The number of hydrogen-bond acceptors (Lipinski definition) is 5. The van der Waals surface area contributed by atoms with Gasteiger partial charge < -0.3 is 20.7 Å². The Hall–Kier alpha value is -2.42. The van der Waals surface area contributed by atoms with Crippen LogP contribution >= 0.6 is 11.3 Å². The Morgan fingerprint density at radius 3 is 2.54 bits per heavy atom. The van der Waals surface area contributed by atoms with Gasteiger partial charge in [-0.25, -0.2) is 4.79 Å². The summed E-state index contributed by atoms with van der Waals surface area (Å²) in [7, 11) is 0. The molecule has 1 aromatic carbocycles. The maximum Gasteiger partial charge on any atom is 0.315 e. The fourth-order valence-electron chi connectivity index (χ4n) is 3.05. The van der Waals surface area contributed by atoms with Gasteiger partial charge in [-0.05, 0) is 17.0 Å². The minimum Gasteiger partial charge on any atom is -0.379 e. The summed E-state index contributed by atoms with van der Waals surface area (Å²) in [5.41, 5.74) is 1.01. The van der Waals surface area contributed by atoms with Crippen molar-refractivity contribution in [1.82, 2.24) is 20.9 Å². The van der Waals surface area contributed by atoms with E-state index in [1.807, 2.05) is 41.8 Å². The number of urea groups is 1. The highest BCUT2D eigenvalue weighted by Gasteiger charge is 2.23. The molecule has 28 heavy (non-hydrogen) atoms. The Balaban J connectivity index is 1.41. The Kier molecular flexibility index (Phi) is 7.83. The molecule has 1 aliphatic rings. The molecule has 3 N–H and O–H groups in total. The van der Waals surface area contributed by atoms with E-state index in [4.69, 9.17) is 4.74 Å². The van der Waals surface area contributed by atoms with E-state index in [2.05, 4.69) is 26.9 Å². The standard InChI is InChI=1S/C20H26N4O3S/c25-19(15-23-20(26)22-13-16-5-2-1-3-6-16)21-14-17(18-7-4-12-28-18)24-8-10-27-11-9-24/h1-7,12,17H,8-11,13-15H2,(H,21,25)(H2,22,23,26). The maximum absolute atomic E-state index is 12.2. The van der Waals surface area contributed by atoms with Crippen molar-refractivity contribution in [3.63, 3.8) is 0 Å². The van der Waals surface area contributed by atoms with Crippen LogP contribution in [0.3, 0.4) is 0 Å². The SMILES string of the molecule is O=C(CNC(=O)NCc1ccccc1)NCC(c1cccs1)N1CCOCC1. The highest BCUT2D eigenvalue weighted by Crippen LogP contribution is 2.25. The van der Waals surface area contributed by atoms with Crippen molar-refractivity contribution in [2.45, 2.75) is 12.6 Å². The van der Waals surface area contributed by atoms with Gasteiger partial charge in [0, 0.05) is 31.1 Å². The smallest absolute Gasteiger partial charge is 0.315 e. The lowest BCUT2D eigenvalue weighted by Gasteiger charge is -2.34. The van der Waals surface area contributed by atoms with Crippen molar-refractivity contribution in [1.29, 1.82) is 0 Å². The van der Waals surface area contributed by atoms with Crippen LogP contribution in [0.2, 0.25) is 0 Å². The molecule has 2 aromatic rings. The van der Waals surface area contributed by atoms with Crippen molar-refractivity contribution in [2.75, 3.05) is 39.4 Å². The topological polar surface area (TPSA) is 82.7 Å². The molecule has 2 heterocycles. The van der Waals surface area contributed by atoms with E-state index in [1.54, 1.807) is 11.3 Å². The van der Waals surface area contributed by atoms with Gasteiger partial charge in [-0.3, -0.25) is 9.69 Å². The third kappa shape index (κ3) is 6.33. The molecule has 1 unspecified atom stereocenters. The van der Waals surface area contributed by atoms with E-state index < -0.39 is 0 Å². The van der Waals surface area contributed by atoms with Crippen LogP contribution in [0, 0.1) is 0 Å². The number of carbonyl (C=O) groups is 2. The largest absolute Gasteiger partial charge is 0.379 e. The number of carbonyl (C=O) groups excluding carboxylic acids is 2. The first-order valence-corrected chi connectivity index (χ1v) is 10.3. The van der Waals surface area contributed by atoms with Gasteiger partial charge in [0.1, 0.15) is 0 Å². The number of hydrogen-bond donors (Lipinski definition) is 3. The van der Waals surface area contributed by atoms with Crippen LogP contribution < -0.4 is 16.0 Å². The summed E-state index contributed by atoms with van der Waals surface area (Å²) in [6.07, 6.45) is 0. The third-order valence-electron chi connectivity index (χ3n) is 4.56. The Morgan fingerprint density at radius 1 is 1.04 bits per heavy atom. The zero-order valence-corrected chi connectivity index (χ0v) is 16.5. The lowest BCUT2D eigenvalue weighted by Crippen LogP contribution is -2.46. The number of morpholine rings is 1. The van der Waals surface area contributed by atoms with E-state index in [0.29, 0.717) is 26.3 Å². The molecular formula is C20H26N4O3S. The molecular weight excluding hydrogens is 376 g/mol. The number of thiophene rings is 1. The number of benzene rings is 1. The predicted octanol–water partition coefficient (Wildman–Crippen LogP) is 1.74. The molecule has 1 saturated heterocycles. The van der Waals surface area contributed by atoms with Gasteiger partial charge in [0.2, 0.25) is 5.91 Å². The summed E-state index contributed by atoms with van der Waals surface area (Å²) >= 11 is 1.69. The molecule has 1 fully saturated rings. The quantitative estimate of drug-likeness (QED) is 0.628. The summed E-state index contributed by atoms with van der Waals surface area (Å²) in [4.78, 5) is 27.6. The van der Waals surface area contributed by atoms with Crippen LogP contribution in [0.15, 0.2) is 47.8 Å². The minimum absolute atomic E-state index is 0.0547. The molecule has 150 valence electrons.